The molecule has 1 heterocycles. The fraction of sp³-hybridized carbons (Fsp3) is 0.467. The van der Waals surface area contributed by atoms with Crippen molar-refractivity contribution in [2.75, 3.05) is 13.1 Å². The molecular weight excluding hydrogens is 350 g/mol. The minimum Gasteiger partial charge on any atom is -0.289 e. The summed E-state index contributed by atoms with van der Waals surface area (Å²) in [5.74, 6) is -0.616. The van der Waals surface area contributed by atoms with E-state index in [0.717, 1.165) is 28.9 Å². The van der Waals surface area contributed by atoms with Crippen molar-refractivity contribution in [1.82, 2.24) is 14.8 Å². The number of hydrogen-bond acceptors (Lipinski definition) is 6. The molecule has 2 aromatic rings. The van der Waals surface area contributed by atoms with Crippen LogP contribution in [0.15, 0.2) is 28.6 Å². The summed E-state index contributed by atoms with van der Waals surface area (Å²) in [6.07, 6.45) is 2.47. The Morgan fingerprint density at radius 1 is 1.29 bits per heavy atom. The number of nitrogens with zero attached hydrogens (tertiary/aromatic N) is 2. The smallest absolute Gasteiger partial charge is 0.270 e. The summed E-state index contributed by atoms with van der Waals surface area (Å²) < 4.78 is 27.9. The maximum absolute atomic E-state index is 12.9. The van der Waals surface area contributed by atoms with E-state index in [1.54, 1.807) is 6.07 Å². The van der Waals surface area contributed by atoms with Gasteiger partial charge in [0.2, 0.25) is 10.2 Å². The normalized spacial score (nSPS) is 12.0. The van der Waals surface area contributed by atoms with Crippen LogP contribution in [-0.2, 0) is 14.8 Å². The molecule has 0 fully saturated rings. The number of fused-ring (bicyclic) bond motifs is 1. The number of hydroxylamine groups is 1. The molecule has 7 nitrogen and oxygen atoms in total. The van der Waals surface area contributed by atoms with E-state index >= 15 is 0 Å². The van der Waals surface area contributed by atoms with Gasteiger partial charge in [0.25, 0.3) is 10.0 Å². The zero-order valence-corrected chi connectivity index (χ0v) is 15.1. The Labute approximate surface area is 145 Å². The van der Waals surface area contributed by atoms with Crippen molar-refractivity contribution in [2.45, 2.75) is 36.9 Å². The van der Waals surface area contributed by atoms with Gasteiger partial charge in [-0.25, -0.2) is 18.9 Å². The summed E-state index contributed by atoms with van der Waals surface area (Å²) in [7, 11) is -3.77. The number of hydrogen-bond donors (Lipinski definition) is 2. The van der Waals surface area contributed by atoms with Gasteiger partial charge in [-0.2, -0.15) is 4.31 Å². The van der Waals surface area contributed by atoms with Crippen LogP contribution in [-0.4, -0.2) is 41.9 Å². The first kappa shape index (κ1) is 18.8. The first-order chi connectivity index (χ1) is 11.5. The lowest BCUT2D eigenvalue weighted by molar-refractivity contribution is -0.129. The van der Waals surface area contributed by atoms with Crippen molar-refractivity contribution in [3.8, 4) is 0 Å². The number of amides is 1. The highest BCUT2D eigenvalue weighted by Crippen LogP contribution is 2.27. The largest absolute Gasteiger partial charge is 0.289 e. The Kier molecular flexibility index (Phi) is 6.67. The first-order valence-electron chi connectivity index (χ1n) is 7.77. The van der Waals surface area contributed by atoms with E-state index in [4.69, 9.17) is 5.21 Å². The van der Waals surface area contributed by atoms with Crippen molar-refractivity contribution in [3.05, 3.63) is 24.3 Å². The molecule has 0 bridgehead atoms. The monoisotopic (exact) mass is 371 g/mol. The summed E-state index contributed by atoms with van der Waals surface area (Å²) in [6.45, 7) is 2.37. The van der Waals surface area contributed by atoms with Gasteiger partial charge in [-0.15, -0.1) is 11.3 Å². The lowest BCUT2D eigenvalue weighted by atomic mass is 10.2. The Balaban J connectivity index is 2.24. The quantitative estimate of drug-likeness (QED) is 0.400. The van der Waals surface area contributed by atoms with Gasteiger partial charge >= 0.3 is 0 Å². The van der Waals surface area contributed by atoms with Gasteiger partial charge in [-0.3, -0.25) is 10.0 Å². The molecule has 0 radical (unpaired) electrons. The van der Waals surface area contributed by atoms with Crippen LogP contribution in [0.5, 0.6) is 0 Å². The molecule has 0 unspecified atom stereocenters. The molecule has 0 spiro atoms. The lowest BCUT2D eigenvalue weighted by Crippen LogP contribution is -2.35. The van der Waals surface area contributed by atoms with Crippen molar-refractivity contribution < 1.29 is 18.4 Å². The fourth-order valence-corrected chi connectivity index (χ4v) is 5.08. The third-order valence-corrected chi connectivity index (χ3v) is 6.85. The molecule has 0 aliphatic rings. The Bertz CT molecular complexity index is 756. The highest BCUT2D eigenvalue weighted by atomic mass is 32.2. The van der Waals surface area contributed by atoms with Crippen LogP contribution in [0, 0.1) is 0 Å². The van der Waals surface area contributed by atoms with Gasteiger partial charge in [0.15, 0.2) is 0 Å². The first-order valence-corrected chi connectivity index (χ1v) is 10.0. The zero-order chi connectivity index (χ0) is 17.6. The molecule has 0 aliphatic heterocycles. The van der Waals surface area contributed by atoms with Gasteiger partial charge in [0.1, 0.15) is 0 Å². The number of aromatic nitrogens is 1. The van der Waals surface area contributed by atoms with Crippen LogP contribution in [0.25, 0.3) is 10.2 Å². The summed E-state index contributed by atoms with van der Waals surface area (Å²) in [5, 5.41) is 8.60. The average molecular weight is 371 g/mol. The number of sulfonamides is 1. The summed E-state index contributed by atoms with van der Waals surface area (Å²) in [4.78, 5) is 15.5. The third-order valence-electron chi connectivity index (χ3n) is 3.56. The molecule has 0 saturated carbocycles. The molecule has 1 aromatic carbocycles. The second kappa shape index (κ2) is 8.52. The minimum absolute atomic E-state index is 0.00830. The van der Waals surface area contributed by atoms with E-state index in [0.29, 0.717) is 18.5 Å². The molecule has 0 atom stereocenters. The van der Waals surface area contributed by atoms with Crippen molar-refractivity contribution in [1.29, 1.82) is 0 Å². The second-order valence-electron chi connectivity index (χ2n) is 5.34. The van der Waals surface area contributed by atoms with Gasteiger partial charge in [0.05, 0.1) is 10.2 Å². The molecule has 24 heavy (non-hydrogen) atoms. The highest BCUT2D eigenvalue weighted by molar-refractivity contribution is 7.91. The Hall–Kier alpha value is -1.55. The molecule has 9 heteroatoms. The van der Waals surface area contributed by atoms with Crippen LogP contribution in [0.2, 0.25) is 0 Å². The number of carbonyl (C=O) groups excluding carboxylic acids is 1. The van der Waals surface area contributed by atoms with E-state index in [-0.39, 0.29) is 17.3 Å². The molecule has 1 aromatic heterocycles. The molecular formula is C15H21N3O4S2. The van der Waals surface area contributed by atoms with Crippen LogP contribution >= 0.6 is 11.3 Å². The van der Waals surface area contributed by atoms with E-state index < -0.39 is 15.9 Å². The van der Waals surface area contributed by atoms with Crippen LogP contribution in [0.1, 0.15) is 32.6 Å². The Morgan fingerprint density at radius 2 is 2.04 bits per heavy atom. The van der Waals surface area contributed by atoms with Crippen molar-refractivity contribution in [2.24, 2.45) is 0 Å². The van der Waals surface area contributed by atoms with Gasteiger partial charge < -0.3 is 0 Å². The zero-order valence-electron chi connectivity index (χ0n) is 13.4. The summed E-state index contributed by atoms with van der Waals surface area (Å²) in [6, 6.07) is 7.24. The van der Waals surface area contributed by atoms with Gasteiger partial charge in [0, 0.05) is 19.5 Å². The maximum atomic E-state index is 12.9. The van der Waals surface area contributed by atoms with E-state index in [1.165, 1.54) is 9.79 Å². The highest BCUT2D eigenvalue weighted by Gasteiger charge is 2.28. The van der Waals surface area contributed by atoms with E-state index in [9.17, 15) is 13.2 Å². The number of benzene rings is 1. The lowest BCUT2D eigenvalue weighted by Gasteiger charge is -2.20. The van der Waals surface area contributed by atoms with Crippen molar-refractivity contribution >= 4 is 37.5 Å². The van der Waals surface area contributed by atoms with Crippen LogP contribution in [0.4, 0.5) is 0 Å². The Morgan fingerprint density at radius 3 is 2.71 bits per heavy atom. The average Bonchev–Trinajstić information content (AvgIpc) is 3.02. The number of thiazole rings is 1. The third kappa shape index (κ3) is 4.50. The number of nitrogens with one attached hydrogen (secondary N) is 1. The second-order valence-corrected chi connectivity index (χ2v) is 8.49. The van der Waals surface area contributed by atoms with Crippen LogP contribution in [0.3, 0.4) is 0 Å². The summed E-state index contributed by atoms with van der Waals surface area (Å²) in [5.41, 5.74) is 2.17. The molecule has 0 aliphatic carbocycles. The number of rotatable bonds is 9. The van der Waals surface area contributed by atoms with Crippen molar-refractivity contribution in [3.63, 3.8) is 0 Å². The van der Waals surface area contributed by atoms with E-state index in [1.807, 2.05) is 25.1 Å². The number of para-hydroxylation sites is 1. The minimum atomic E-state index is -3.77. The van der Waals surface area contributed by atoms with Crippen LogP contribution < -0.4 is 5.48 Å². The maximum Gasteiger partial charge on any atom is 0.270 e. The molecule has 2 N–H and O–H groups in total. The number of unbranched alkanes of at least 4 members (excludes halogenated alkanes) is 2. The predicted molar refractivity (Wildman–Crippen MR) is 92.5 cm³/mol. The van der Waals surface area contributed by atoms with Gasteiger partial charge in [-0.05, 0) is 18.6 Å². The standard InChI is InChI=1S/C15H21N3O4S2/c1-2-3-6-10-18(11-9-14(19)17-20)24(21,22)15-16-12-7-4-5-8-13(12)23-15/h4-5,7-8,20H,2-3,6,9-11H2,1H3,(H,17,19). The topological polar surface area (TPSA) is 99.6 Å². The molecule has 1 amide bonds. The van der Waals surface area contributed by atoms with Gasteiger partial charge in [-0.1, -0.05) is 31.9 Å². The molecule has 0 saturated heterocycles. The van der Waals surface area contributed by atoms with E-state index in [2.05, 4.69) is 4.98 Å². The fourth-order valence-electron chi connectivity index (χ4n) is 2.24. The summed E-state index contributed by atoms with van der Waals surface area (Å²) >= 11 is 1.12. The molecule has 132 valence electrons. The number of carbonyl (C=O) groups is 1. The predicted octanol–water partition coefficient (Wildman–Crippen LogP) is 2.37. The SMILES string of the molecule is CCCCCN(CCC(=O)NO)S(=O)(=O)c1nc2ccccc2s1. The molecule has 2 rings (SSSR count).